The lowest BCUT2D eigenvalue weighted by molar-refractivity contribution is 0.681. The van der Waals surface area contributed by atoms with Crippen LogP contribution in [0.15, 0.2) is 12.1 Å². The smallest absolute Gasteiger partial charge is 0.129 e. The van der Waals surface area contributed by atoms with E-state index in [1.54, 1.807) is 0 Å². The summed E-state index contributed by atoms with van der Waals surface area (Å²) in [6.45, 7) is 9.91. The minimum absolute atomic E-state index is 0.763. The quantitative estimate of drug-likeness (QED) is 0.708. The summed E-state index contributed by atoms with van der Waals surface area (Å²) in [6.07, 6.45) is 7.28. The van der Waals surface area contributed by atoms with Crippen molar-refractivity contribution in [2.45, 2.75) is 71.9 Å². The summed E-state index contributed by atoms with van der Waals surface area (Å²) in [5.74, 6) is 1.18. The monoisotopic (exact) mass is 289 g/mol. The van der Waals surface area contributed by atoms with Gasteiger partial charge in [-0.15, -0.1) is 0 Å². The zero-order chi connectivity index (χ0) is 15.1. The summed E-state index contributed by atoms with van der Waals surface area (Å²) in [7, 11) is 0. The average Bonchev–Trinajstić information content (AvgIpc) is 3.29. The molecule has 1 saturated carbocycles. The van der Waals surface area contributed by atoms with Gasteiger partial charge >= 0.3 is 0 Å². The number of anilines is 1. The zero-order valence-corrected chi connectivity index (χ0v) is 14.0. The van der Waals surface area contributed by atoms with Crippen LogP contribution in [0.4, 0.5) is 5.82 Å². The number of aromatic nitrogens is 1. The average molecular weight is 289 g/mol. The topological polar surface area (TPSA) is 28.2 Å². The van der Waals surface area contributed by atoms with Gasteiger partial charge < -0.3 is 10.2 Å². The van der Waals surface area contributed by atoms with Crippen LogP contribution in [-0.2, 0) is 13.0 Å². The van der Waals surface area contributed by atoms with Gasteiger partial charge in [0.25, 0.3) is 0 Å². The van der Waals surface area contributed by atoms with Crippen molar-refractivity contribution in [2.24, 2.45) is 0 Å². The van der Waals surface area contributed by atoms with Gasteiger partial charge in [0.05, 0.1) is 0 Å². The van der Waals surface area contributed by atoms with Crippen LogP contribution >= 0.6 is 0 Å². The van der Waals surface area contributed by atoms with Gasteiger partial charge in [0.15, 0.2) is 0 Å². The highest BCUT2D eigenvalue weighted by Crippen LogP contribution is 2.21. The maximum absolute atomic E-state index is 4.90. The molecule has 0 atom stereocenters. The lowest BCUT2D eigenvalue weighted by Gasteiger charge is -2.24. The van der Waals surface area contributed by atoms with E-state index >= 15 is 0 Å². The van der Waals surface area contributed by atoms with Gasteiger partial charge in [0.2, 0.25) is 0 Å². The molecule has 0 radical (unpaired) electrons. The summed E-state index contributed by atoms with van der Waals surface area (Å²) in [5, 5.41) is 3.63. The molecular formula is C18H31N3. The fourth-order valence-corrected chi connectivity index (χ4v) is 2.71. The fourth-order valence-electron chi connectivity index (χ4n) is 2.71. The van der Waals surface area contributed by atoms with Crippen molar-refractivity contribution in [3.63, 3.8) is 0 Å². The predicted molar refractivity (Wildman–Crippen MR) is 90.9 cm³/mol. The van der Waals surface area contributed by atoms with Gasteiger partial charge in [-0.25, -0.2) is 4.98 Å². The maximum atomic E-state index is 4.90. The first-order chi connectivity index (χ1) is 10.3. The first kappa shape index (κ1) is 16.3. The van der Waals surface area contributed by atoms with Gasteiger partial charge in [-0.05, 0) is 49.8 Å². The second-order valence-corrected chi connectivity index (χ2v) is 6.22. The number of hydrogen-bond acceptors (Lipinski definition) is 3. The normalized spacial score (nSPS) is 14.4. The molecule has 0 bridgehead atoms. The molecule has 0 aliphatic heterocycles. The Morgan fingerprint density at radius 2 is 1.81 bits per heavy atom. The third-order valence-electron chi connectivity index (χ3n) is 3.91. The Balaban J connectivity index is 2.14. The highest BCUT2D eigenvalue weighted by molar-refractivity contribution is 5.43. The van der Waals surface area contributed by atoms with Crippen molar-refractivity contribution in [3.8, 4) is 0 Å². The van der Waals surface area contributed by atoms with Crippen LogP contribution < -0.4 is 10.2 Å². The summed E-state index contributed by atoms with van der Waals surface area (Å²) in [5.41, 5.74) is 2.65. The lowest BCUT2D eigenvalue weighted by atomic mass is 10.1. The van der Waals surface area contributed by atoms with Crippen LogP contribution in [0.5, 0.6) is 0 Å². The maximum Gasteiger partial charge on any atom is 0.129 e. The van der Waals surface area contributed by atoms with Crippen molar-refractivity contribution in [1.82, 2.24) is 10.3 Å². The van der Waals surface area contributed by atoms with E-state index in [2.05, 4.69) is 43.1 Å². The van der Waals surface area contributed by atoms with Gasteiger partial charge in [-0.3, -0.25) is 0 Å². The minimum Gasteiger partial charge on any atom is -0.357 e. The molecule has 0 unspecified atom stereocenters. The number of pyridine rings is 1. The van der Waals surface area contributed by atoms with Gasteiger partial charge in [0.1, 0.15) is 5.82 Å². The number of nitrogens with zero attached hydrogens (tertiary/aromatic N) is 2. The lowest BCUT2D eigenvalue weighted by Crippen LogP contribution is -2.26. The molecule has 1 N–H and O–H groups in total. The van der Waals surface area contributed by atoms with E-state index in [9.17, 15) is 0 Å². The number of rotatable bonds is 10. The molecule has 1 fully saturated rings. The van der Waals surface area contributed by atoms with E-state index in [4.69, 9.17) is 4.98 Å². The van der Waals surface area contributed by atoms with E-state index in [0.29, 0.717) is 0 Å². The van der Waals surface area contributed by atoms with Gasteiger partial charge in [-0.1, -0.05) is 27.2 Å². The second kappa shape index (κ2) is 8.38. The molecular weight excluding hydrogens is 258 g/mol. The molecule has 118 valence electrons. The molecule has 1 heterocycles. The third-order valence-corrected chi connectivity index (χ3v) is 3.91. The Hall–Kier alpha value is -1.09. The van der Waals surface area contributed by atoms with Crippen LogP contribution in [0.2, 0.25) is 0 Å². The molecule has 3 heteroatoms. The molecule has 0 saturated heterocycles. The summed E-state index contributed by atoms with van der Waals surface area (Å²) >= 11 is 0. The first-order valence-corrected chi connectivity index (χ1v) is 8.75. The molecule has 1 aromatic heterocycles. The van der Waals surface area contributed by atoms with Crippen molar-refractivity contribution in [2.75, 3.05) is 18.0 Å². The van der Waals surface area contributed by atoms with E-state index < -0.39 is 0 Å². The summed E-state index contributed by atoms with van der Waals surface area (Å²) < 4.78 is 0. The first-order valence-electron chi connectivity index (χ1n) is 8.75. The highest BCUT2D eigenvalue weighted by atomic mass is 15.2. The minimum atomic E-state index is 0.763. The van der Waals surface area contributed by atoms with Crippen molar-refractivity contribution in [1.29, 1.82) is 0 Å². The highest BCUT2D eigenvalue weighted by Gasteiger charge is 2.20. The van der Waals surface area contributed by atoms with Crippen molar-refractivity contribution >= 4 is 5.82 Å². The Bertz CT molecular complexity index is 420. The van der Waals surface area contributed by atoms with E-state index in [0.717, 1.165) is 38.5 Å². The molecule has 2 rings (SSSR count). The Morgan fingerprint density at radius 1 is 1.10 bits per heavy atom. The van der Waals surface area contributed by atoms with Gasteiger partial charge in [-0.2, -0.15) is 0 Å². The standard InChI is InChI=1S/C18H31N3/c1-4-7-17-12-15(14-19-16-8-9-16)13-18(20-17)21(10-5-2)11-6-3/h12-13,16,19H,4-11,14H2,1-3H3. The molecule has 0 amide bonds. The molecule has 1 aliphatic rings. The third kappa shape index (κ3) is 5.31. The Labute approximate surface area is 130 Å². The number of nitrogens with one attached hydrogen (secondary N) is 1. The van der Waals surface area contributed by atoms with Crippen LogP contribution in [0, 0.1) is 0 Å². The molecule has 0 spiro atoms. The molecule has 1 aliphatic carbocycles. The SMILES string of the molecule is CCCc1cc(CNC2CC2)cc(N(CCC)CCC)n1. The van der Waals surface area contributed by atoms with Crippen LogP contribution in [0.1, 0.15) is 64.1 Å². The van der Waals surface area contributed by atoms with Crippen molar-refractivity contribution < 1.29 is 0 Å². The summed E-state index contributed by atoms with van der Waals surface area (Å²) in [6, 6.07) is 5.34. The van der Waals surface area contributed by atoms with Crippen LogP contribution in [-0.4, -0.2) is 24.1 Å². The molecule has 21 heavy (non-hydrogen) atoms. The number of hydrogen-bond donors (Lipinski definition) is 1. The largest absolute Gasteiger partial charge is 0.357 e. The van der Waals surface area contributed by atoms with Crippen LogP contribution in [0.25, 0.3) is 0 Å². The Morgan fingerprint density at radius 3 is 2.38 bits per heavy atom. The van der Waals surface area contributed by atoms with Gasteiger partial charge in [0, 0.05) is 31.4 Å². The molecule has 3 nitrogen and oxygen atoms in total. The Kier molecular flexibility index (Phi) is 6.50. The van der Waals surface area contributed by atoms with Crippen LogP contribution in [0.3, 0.4) is 0 Å². The zero-order valence-electron chi connectivity index (χ0n) is 14.0. The fraction of sp³-hybridized carbons (Fsp3) is 0.722. The number of aryl methyl sites for hydroxylation is 1. The van der Waals surface area contributed by atoms with E-state index in [-0.39, 0.29) is 0 Å². The van der Waals surface area contributed by atoms with Crippen molar-refractivity contribution in [3.05, 3.63) is 23.4 Å². The summed E-state index contributed by atoms with van der Waals surface area (Å²) in [4.78, 5) is 7.35. The van der Waals surface area contributed by atoms with E-state index in [1.165, 1.54) is 42.8 Å². The van der Waals surface area contributed by atoms with E-state index in [1.807, 2.05) is 0 Å². The second-order valence-electron chi connectivity index (χ2n) is 6.22. The molecule has 1 aromatic rings. The molecule has 0 aromatic carbocycles. The predicted octanol–water partition coefficient (Wildman–Crippen LogP) is 3.91.